The number of urea groups is 3. The number of halogens is 9. The number of carbonyl (C=O) groups excluding carboxylic acids is 12. The summed E-state index contributed by atoms with van der Waals surface area (Å²) in [5.74, 6) is -7.10. The minimum Gasteiger partial charge on any atom is -0.463 e. The summed E-state index contributed by atoms with van der Waals surface area (Å²) in [4.78, 5) is 175. The molecule has 0 saturated heterocycles. The number of rotatable bonds is 39. The van der Waals surface area contributed by atoms with Gasteiger partial charge in [0.05, 0.1) is 118 Å². The van der Waals surface area contributed by atoms with Crippen LogP contribution in [0.1, 0.15) is 187 Å². The molecule has 0 saturated carbocycles. The highest BCUT2D eigenvalue weighted by molar-refractivity contribution is 6.08. The van der Waals surface area contributed by atoms with Gasteiger partial charge in [-0.15, -0.1) is 0 Å². The Balaban J connectivity index is 0.780. The molecule has 6 aromatic carbocycles. The Morgan fingerprint density at radius 2 is 0.739 bits per heavy atom. The molecule has 3 aliphatic heterocycles. The van der Waals surface area contributed by atoms with E-state index in [0.29, 0.717) is 75.0 Å². The van der Waals surface area contributed by atoms with Crippen LogP contribution in [0.25, 0.3) is 0 Å². The van der Waals surface area contributed by atoms with Crippen LogP contribution < -0.4 is 46.6 Å². The molecule has 0 spiro atoms. The Kier molecular flexibility index (Phi) is 34.8. The van der Waals surface area contributed by atoms with Crippen molar-refractivity contribution in [2.45, 2.75) is 142 Å². The summed E-state index contributed by atoms with van der Waals surface area (Å²) in [5.41, 5.74) is -3.28. The first-order valence-corrected chi connectivity index (χ1v) is 43.0. The number of nitrogens with zero attached hydrogens (tertiary/aromatic N) is 9. The number of alkyl halides is 9. The van der Waals surface area contributed by atoms with Crippen molar-refractivity contribution in [3.8, 4) is 18.2 Å². The molecule has 3 heterocycles. The van der Waals surface area contributed by atoms with Gasteiger partial charge in [-0.25, -0.2) is 28.8 Å². The SMILES string of the molecule is CCOC(=O)C1=CN(c2cccc(C(F)(F)F)c2)C(=O)N(CC(=O)NCCCCCNC(=O)c2cc(C(=O)NCCCCCNC(=O)CN3C(=O)N(c4cccc(C(F)(F)F)c4)C(C)=C(C(=O)OCC)C3C3=CC=C(C#N)CC3)cc(C(=O)NCCCCCNC(=O)CN3C(=O)N(c4cccc(C(F)(F)F)c4)C(C)=C(C(=O)OCC)C3c3ccc(C#N)cc3)c2)C1c1ccc(C#N)cc1. The normalized spacial score (nSPS) is 15.9. The van der Waals surface area contributed by atoms with E-state index in [-0.39, 0.29) is 156 Å². The van der Waals surface area contributed by atoms with E-state index in [9.17, 15) is 113 Å². The third-order valence-corrected chi connectivity index (χ3v) is 22.1. The number of unbranched alkanes of at least 4 members (excludes halogenated alkanes) is 6. The average Bonchev–Trinajstić information content (AvgIpc) is 0.746. The number of ether oxygens (including phenoxy) is 3. The monoisotopic (exact) mass is 1860 g/mol. The van der Waals surface area contributed by atoms with E-state index in [2.05, 4.69) is 38.0 Å². The van der Waals surface area contributed by atoms with Crippen molar-refractivity contribution in [2.75, 3.05) is 93.4 Å². The van der Waals surface area contributed by atoms with Crippen LogP contribution in [0, 0.1) is 34.0 Å². The van der Waals surface area contributed by atoms with Gasteiger partial charge < -0.3 is 60.8 Å². The summed E-state index contributed by atoms with van der Waals surface area (Å²) in [6.07, 6.45) is -7.10. The van der Waals surface area contributed by atoms with Gasteiger partial charge in [0.15, 0.2) is 0 Å². The molecular formula is C95H96F9N15O15. The summed E-state index contributed by atoms with van der Waals surface area (Å²) in [7, 11) is 0. The zero-order valence-corrected chi connectivity index (χ0v) is 73.6. The lowest BCUT2D eigenvalue weighted by Crippen LogP contribution is -2.58. The van der Waals surface area contributed by atoms with Crippen molar-refractivity contribution in [2.24, 2.45) is 0 Å². The van der Waals surface area contributed by atoms with Gasteiger partial charge >= 0.3 is 54.5 Å². The fraction of sp³-hybridized carbons (Fsp3) is 0.358. The maximum absolute atomic E-state index is 14.7. The van der Waals surface area contributed by atoms with Gasteiger partial charge in [-0.2, -0.15) is 55.3 Å². The van der Waals surface area contributed by atoms with Gasteiger partial charge in [-0.05, 0) is 225 Å². The highest BCUT2D eigenvalue weighted by Crippen LogP contribution is 2.45. The molecule has 4 aliphatic rings. The molecule has 10 rings (SSSR count). The van der Waals surface area contributed by atoms with E-state index in [1.54, 1.807) is 6.08 Å². The van der Waals surface area contributed by atoms with E-state index >= 15 is 0 Å². The van der Waals surface area contributed by atoms with Crippen molar-refractivity contribution in [1.29, 1.82) is 15.8 Å². The van der Waals surface area contributed by atoms with Gasteiger partial charge in [-0.3, -0.25) is 43.5 Å². The van der Waals surface area contributed by atoms with Gasteiger partial charge in [0, 0.05) is 79.1 Å². The quantitative estimate of drug-likeness (QED) is 0.00903. The van der Waals surface area contributed by atoms with Crippen LogP contribution in [0.3, 0.4) is 0 Å². The molecule has 1 aliphatic carbocycles. The summed E-state index contributed by atoms with van der Waals surface area (Å²) < 4.78 is 143. The predicted octanol–water partition coefficient (Wildman–Crippen LogP) is 14.5. The zero-order chi connectivity index (χ0) is 97.3. The topological polar surface area (TPSA) is 396 Å². The third-order valence-electron chi connectivity index (χ3n) is 22.1. The van der Waals surface area contributed by atoms with E-state index in [1.165, 1.54) is 126 Å². The fourth-order valence-corrected chi connectivity index (χ4v) is 15.5. The number of carbonyl (C=O) groups is 12. The Morgan fingerprint density at radius 3 is 1.10 bits per heavy atom. The Morgan fingerprint density at radius 1 is 0.396 bits per heavy atom. The molecule has 0 fully saturated rings. The van der Waals surface area contributed by atoms with Gasteiger partial charge in [0.1, 0.15) is 19.6 Å². The van der Waals surface area contributed by atoms with E-state index < -0.39 is 144 Å². The molecule has 6 aromatic rings. The van der Waals surface area contributed by atoms with E-state index in [1.807, 2.05) is 12.1 Å². The molecule has 0 bridgehead atoms. The number of nitriles is 3. The predicted molar refractivity (Wildman–Crippen MR) is 468 cm³/mol. The number of nitrogens with one attached hydrogen (secondary N) is 6. The summed E-state index contributed by atoms with van der Waals surface area (Å²) in [6, 6.07) is 26.1. The van der Waals surface area contributed by atoms with Crippen LogP contribution in [0.5, 0.6) is 0 Å². The molecular weight excluding hydrogens is 1760 g/mol. The maximum atomic E-state index is 14.7. The molecule has 39 heteroatoms. The van der Waals surface area contributed by atoms with Crippen LogP contribution in [0.4, 0.5) is 71.0 Å². The largest absolute Gasteiger partial charge is 0.463 e. The number of esters is 3. The first kappa shape index (κ1) is 101. The van der Waals surface area contributed by atoms with E-state index in [4.69, 9.17) is 14.2 Å². The molecule has 0 radical (unpaired) electrons. The maximum Gasteiger partial charge on any atom is 0.416 e. The smallest absolute Gasteiger partial charge is 0.416 e. The molecule has 0 aromatic heterocycles. The number of benzene rings is 6. The lowest BCUT2D eigenvalue weighted by atomic mass is 9.86. The third kappa shape index (κ3) is 25.6. The number of allylic oxidation sites excluding steroid dienone is 5. The minimum absolute atomic E-state index is 0.00494. The lowest BCUT2D eigenvalue weighted by molar-refractivity contribution is -0.140. The highest BCUT2D eigenvalue weighted by Gasteiger charge is 2.49. The Labute approximate surface area is 765 Å². The first-order chi connectivity index (χ1) is 63.9. The van der Waals surface area contributed by atoms with Crippen LogP contribution >= 0.6 is 0 Å². The molecule has 3 atom stereocenters. The van der Waals surface area contributed by atoms with Gasteiger partial charge in [-0.1, -0.05) is 48.5 Å². The van der Waals surface area contributed by atoms with Crippen LogP contribution in [0.2, 0.25) is 0 Å². The standard InChI is InChI=1S/C95H96F9N15O15/c1-6-132-87(126)75-54-114(72-24-18-21-69(48-72)93(96,97)98)90(129)115(81(75)63-33-27-60(51-105)28-34-63)55-76(120)108-39-12-9-15-42-111-84(123)66-45-67(85(124)112-43-16-10-13-40-109-77(121)56-116-82(64-35-29-61(52-106)30-36-64)79(88(127)133-7-2)58(4)118(91(116)130)73-25-19-22-70(49-73)94(99,100)101)47-68(46-66)86(125)113-44-17-11-14-41-110-78(122)57-117-83(65-37-31-62(53-107)32-38-65)80(89(128)134-8-3)59(5)119(92(117)131)74-26-20-23-71(50-74)95(102,103)104/h18-31,33-37,45-50,54,81-83H,6-17,32,38-44,55-57H2,1-5H3,(H,108,120)(H,109,121)(H,110,122)(H,111,123)(H,112,124)(H,113,125). The van der Waals surface area contributed by atoms with Crippen LogP contribution in [-0.2, 0) is 61.5 Å². The zero-order valence-electron chi connectivity index (χ0n) is 73.6. The van der Waals surface area contributed by atoms with Crippen molar-refractivity contribution in [3.05, 3.63) is 253 Å². The molecule has 30 nitrogen and oxygen atoms in total. The van der Waals surface area contributed by atoms with Gasteiger partial charge in [0.25, 0.3) is 17.7 Å². The van der Waals surface area contributed by atoms with Crippen LogP contribution in [-0.4, -0.2) is 171 Å². The molecule has 134 heavy (non-hydrogen) atoms. The molecule has 6 N–H and O–H groups in total. The summed E-state index contributed by atoms with van der Waals surface area (Å²) >= 11 is 0. The Bertz CT molecular complexity index is 5750. The summed E-state index contributed by atoms with van der Waals surface area (Å²) in [6.45, 7) is 4.86. The summed E-state index contributed by atoms with van der Waals surface area (Å²) in [5, 5.41) is 45.3. The molecule has 3 unspecified atom stereocenters. The van der Waals surface area contributed by atoms with Crippen molar-refractivity contribution in [1.82, 2.24) is 46.6 Å². The van der Waals surface area contributed by atoms with Crippen molar-refractivity contribution >= 4 is 88.5 Å². The van der Waals surface area contributed by atoms with Crippen molar-refractivity contribution < 1.29 is 111 Å². The second-order valence-corrected chi connectivity index (χ2v) is 31.2. The second-order valence-electron chi connectivity index (χ2n) is 31.2. The average molecular weight is 1860 g/mol. The van der Waals surface area contributed by atoms with Crippen LogP contribution in [0.15, 0.2) is 197 Å². The lowest BCUT2D eigenvalue weighted by Gasteiger charge is -2.43. The van der Waals surface area contributed by atoms with E-state index in [0.717, 1.165) is 84.1 Å². The number of hydrogen-bond donors (Lipinski definition) is 6. The minimum atomic E-state index is -4.83. The number of amides is 12. The Hall–Kier alpha value is -15.1. The number of anilines is 3. The second kappa shape index (κ2) is 46.1. The number of hydrogen-bond acceptors (Lipinski definition) is 18. The first-order valence-electron chi connectivity index (χ1n) is 43.0. The van der Waals surface area contributed by atoms with Gasteiger partial charge in [0.2, 0.25) is 17.7 Å². The van der Waals surface area contributed by atoms with Crippen molar-refractivity contribution in [3.63, 3.8) is 0 Å². The fourth-order valence-electron chi connectivity index (χ4n) is 15.5. The molecule has 704 valence electrons. The highest BCUT2D eigenvalue weighted by atomic mass is 19.4. The molecule has 12 amide bonds.